The Bertz CT molecular complexity index is 1060. The van der Waals surface area contributed by atoms with Crippen LogP contribution in [0, 0.1) is 5.92 Å². The Kier molecular flexibility index (Phi) is 6.34. The number of hydrogen-bond donors (Lipinski definition) is 1. The molecule has 28 heavy (non-hydrogen) atoms. The standard InChI is InChI=1S/C18H18Cl2N4O3S/c1-11(2)16(18-22-17(23-27-18)13-5-7-21-8-6-13)24-28(25,26)10-12-3-4-14(19)15(20)9-12/h3-9,11,16,24H,10H2,1-2H3. The number of benzene rings is 1. The first-order chi connectivity index (χ1) is 13.2. The van der Waals surface area contributed by atoms with Gasteiger partial charge in [-0.15, -0.1) is 0 Å². The van der Waals surface area contributed by atoms with Crippen LogP contribution in [0.4, 0.5) is 0 Å². The Morgan fingerprint density at radius 3 is 2.46 bits per heavy atom. The molecule has 1 unspecified atom stereocenters. The number of nitrogens with zero attached hydrogens (tertiary/aromatic N) is 3. The molecule has 0 amide bonds. The molecule has 0 saturated heterocycles. The van der Waals surface area contributed by atoms with Crippen molar-refractivity contribution in [3.8, 4) is 11.4 Å². The number of pyridine rings is 1. The highest BCUT2D eigenvalue weighted by Gasteiger charge is 2.28. The molecule has 3 aromatic rings. The summed E-state index contributed by atoms with van der Waals surface area (Å²) in [5.41, 5.74) is 1.25. The number of hydrogen-bond acceptors (Lipinski definition) is 6. The van der Waals surface area contributed by atoms with Gasteiger partial charge in [-0.05, 0) is 35.7 Å². The molecule has 1 atom stereocenters. The van der Waals surface area contributed by atoms with E-state index in [9.17, 15) is 8.42 Å². The monoisotopic (exact) mass is 440 g/mol. The molecule has 0 spiro atoms. The molecule has 2 aromatic heterocycles. The number of sulfonamides is 1. The van der Waals surface area contributed by atoms with Gasteiger partial charge in [0.2, 0.25) is 21.7 Å². The quantitative estimate of drug-likeness (QED) is 0.589. The van der Waals surface area contributed by atoms with Crippen molar-refractivity contribution in [1.82, 2.24) is 19.8 Å². The van der Waals surface area contributed by atoms with Gasteiger partial charge in [-0.25, -0.2) is 13.1 Å². The number of aromatic nitrogens is 3. The minimum Gasteiger partial charge on any atom is -0.337 e. The Morgan fingerprint density at radius 2 is 1.82 bits per heavy atom. The molecule has 0 fully saturated rings. The van der Waals surface area contributed by atoms with Gasteiger partial charge in [0.1, 0.15) is 6.04 Å². The lowest BCUT2D eigenvalue weighted by Crippen LogP contribution is -2.33. The predicted molar refractivity (Wildman–Crippen MR) is 107 cm³/mol. The van der Waals surface area contributed by atoms with Crippen molar-refractivity contribution in [2.24, 2.45) is 5.92 Å². The van der Waals surface area contributed by atoms with Crippen molar-refractivity contribution < 1.29 is 12.9 Å². The van der Waals surface area contributed by atoms with Crippen LogP contribution in [0.3, 0.4) is 0 Å². The molecule has 0 aliphatic heterocycles. The van der Waals surface area contributed by atoms with Crippen LogP contribution in [0.5, 0.6) is 0 Å². The third-order valence-corrected chi connectivity index (χ3v) is 6.03. The number of halogens is 2. The second-order valence-corrected chi connectivity index (χ2v) is 9.11. The van der Waals surface area contributed by atoms with E-state index >= 15 is 0 Å². The average Bonchev–Trinajstić information content (AvgIpc) is 3.13. The summed E-state index contributed by atoms with van der Waals surface area (Å²) >= 11 is 11.9. The summed E-state index contributed by atoms with van der Waals surface area (Å²) < 4.78 is 33.3. The molecule has 0 radical (unpaired) electrons. The van der Waals surface area contributed by atoms with E-state index < -0.39 is 16.1 Å². The van der Waals surface area contributed by atoms with Gasteiger partial charge in [0.05, 0.1) is 15.8 Å². The highest BCUT2D eigenvalue weighted by Crippen LogP contribution is 2.26. The van der Waals surface area contributed by atoms with Crippen molar-refractivity contribution in [2.75, 3.05) is 0 Å². The summed E-state index contributed by atoms with van der Waals surface area (Å²) in [6, 6.07) is 7.53. The lowest BCUT2D eigenvalue weighted by atomic mass is 10.1. The molecule has 0 aliphatic carbocycles. The van der Waals surface area contributed by atoms with Crippen LogP contribution >= 0.6 is 23.2 Å². The molecule has 1 N–H and O–H groups in total. The van der Waals surface area contributed by atoms with E-state index in [-0.39, 0.29) is 17.6 Å². The lowest BCUT2D eigenvalue weighted by molar-refractivity contribution is 0.311. The van der Waals surface area contributed by atoms with Crippen molar-refractivity contribution in [3.63, 3.8) is 0 Å². The fourth-order valence-corrected chi connectivity index (χ4v) is 4.32. The van der Waals surface area contributed by atoms with E-state index in [2.05, 4.69) is 19.8 Å². The van der Waals surface area contributed by atoms with Gasteiger partial charge < -0.3 is 4.52 Å². The summed E-state index contributed by atoms with van der Waals surface area (Å²) in [5, 5.41) is 4.61. The summed E-state index contributed by atoms with van der Waals surface area (Å²) in [4.78, 5) is 8.29. The van der Waals surface area contributed by atoms with E-state index in [1.807, 2.05) is 13.8 Å². The van der Waals surface area contributed by atoms with Crippen LogP contribution in [-0.2, 0) is 15.8 Å². The SMILES string of the molecule is CC(C)C(NS(=O)(=O)Cc1ccc(Cl)c(Cl)c1)c1nc(-c2ccncc2)no1. The summed E-state index contributed by atoms with van der Waals surface area (Å²) in [7, 11) is -3.70. The predicted octanol–water partition coefficient (Wildman–Crippen LogP) is 4.26. The fraction of sp³-hybridized carbons (Fsp3) is 0.278. The Balaban J connectivity index is 1.81. The first kappa shape index (κ1) is 20.7. The van der Waals surface area contributed by atoms with Gasteiger partial charge in [-0.3, -0.25) is 4.98 Å². The van der Waals surface area contributed by atoms with E-state index in [4.69, 9.17) is 27.7 Å². The van der Waals surface area contributed by atoms with Crippen LogP contribution in [0.2, 0.25) is 10.0 Å². The van der Waals surface area contributed by atoms with E-state index in [0.29, 0.717) is 21.4 Å². The molecule has 0 saturated carbocycles. The lowest BCUT2D eigenvalue weighted by Gasteiger charge is -2.18. The van der Waals surface area contributed by atoms with Crippen molar-refractivity contribution in [2.45, 2.75) is 25.6 Å². The van der Waals surface area contributed by atoms with E-state index in [1.165, 1.54) is 6.07 Å². The second kappa shape index (κ2) is 8.57. The molecule has 148 valence electrons. The molecule has 3 rings (SSSR count). The van der Waals surface area contributed by atoms with Gasteiger partial charge in [0.15, 0.2) is 0 Å². The third-order valence-electron chi connectivity index (χ3n) is 3.96. The first-order valence-corrected chi connectivity index (χ1v) is 10.8. The molecule has 0 aliphatic rings. The number of rotatable bonds is 7. The van der Waals surface area contributed by atoms with Crippen molar-refractivity contribution in [3.05, 3.63) is 64.2 Å². The molecular weight excluding hydrogens is 423 g/mol. The Labute approximate surface area is 173 Å². The second-order valence-electron chi connectivity index (χ2n) is 6.54. The largest absolute Gasteiger partial charge is 0.337 e. The highest BCUT2D eigenvalue weighted by molar-refractivity contribution is 7.88. The van der Waals surface area contributed by atoms with Gasteiger partial charge in [-0.2, -0.15) is 4.98 Å². The minimum atomic E-state index is -3.70. The van der Waals surface area contributed by atoms with Crippen LogP contribution in [0.1, 0.15) is 31.3 Å². The average molecular weight is 441 g/mol. The first-order valence-electron chi connectivity index (χ1n) is 8.43. The molecule has 2 heterocycles. The van der Waals surface area contributed by atoms with Crippen molar-refractivity contribution >= 4 is 33.2 Å². The van der Waals surface area contributed by atoms with E-state index in [1.54, 1.807) is 36.7 Å². The van der Waals surface area contributed by atoms with Crippen LogP contribution in [-0.4, -0.2) is 23.5 Å². The van der Waals surface area contributed by atoms with Crippen molar-refractivity contribution in [1.29, 1.82) is 0 Å². The Hall–Kier alpha value is -2.00. The Morgan fingerprint density at radius 1 is 1.11 bits per heavy atom. The molecule has 1 aromatic carbocycles. The molecular formula is C18H18Cl2N4O3S. The molecule has 7 nitrogen and oxygen atoms in total. The maximum Gasteiger partial charge on any atom is 0.245 e. The summed E-state index contributed by atoms with van der Waals surface area (Å²) in [5.74, 6) is 0.193. The molecule has 10 heteroatoms. The number of nitrogens with one attached hydrogen (secondary N) is 1. The normalized spacial score (nSPS) is 13.0. The summed E-state index contributed by atoms with van der Waals surface area (Å²) in [6.07, 6.45) is 3.23. The zero-order chi connectivity index (χ0) is 20.3. The van der Waals surface area contributed by atoms with Crippen LogP contribution in [0.15, 0.2) is 47.2 Å². The highest BCUT2D eigenvalue weighted by atomic mass is 35.5. The third kappa shape index (κ3) is 5.08. The van der Waals surface area contributed by atoms with Gasteiger partial charge in [-0.1, -0.05) is 48.3 Å². The summed E-state index contributed by atoms with van der Waals surface area (Å²) in [6.45, 7) is 3.73. The maximum absolute atomic E-state index is 12.7. The van der Waals surface area contributed by atoms with Gasteiger partial charge >= 0.3 is 0 Å². The maximum atomic E-state index is 12.7. The van der Waals surface area contributed by atoms with Gasteiger partial charge in [0.25, 0.3) is 0 Å². The smallest absolute Gasteiger partial charge is 0.245 e. The van der Waals surface area contributed by atoms with E-state index in [0.717, 1.165) is 5.56 Å². The zero-order valence-electron chi connectivity index (χ0n) is 15.1. The zero-order valence-corrected chi connectivity index (χ0v) is 17.5. The van der Waals surface area contributed by atoms with Crippen LogP contribution < -0.4 is 4.72 Å². The topological polar surface area (TPSA) is 98.0 Å². The van der Waals surface area contributed by atoms with Crippen LogP contribution in [0.25, 0.3) is 11.4 Å². The molecule has 0 bridgehead atoms. The fourth-order valence-electron chi connectivity index (χ4n) is 2.54. The minimum absolute atomic E-state index is 0.116. The van der Waals surface area contributed by atoms with Gasteiger partial charge in [0, 0.05) is 18.0 Å².